The van der Waals surface area contributed by atoms with Crippen LogP contribution in [0.3, 0.4) is 0 Å². The number of benzene rings is 1. The molecule has 0 radical (unpaired) electrons. The molecule has 1 heterocycles. The molecule has 2 rings (SSSR count). The van der Waals surface area contributed by atoms with E-state index in [1.165, 1.54) is 0 Å². The van der Waals surface area contributed by atoms with Crippen molar-refractivity contribution in [3.63, 3.8) is 0 Å². The number of halogens is 2. The zero-order chi connectivity index (χ0) is 14.0. The number of rotatable bonds is 3. The Balaban J connectivity index is 2.10. The Hall–Kier alpha value is -0.320. The van der Waals surface area contributed by atoms with Gasteiger partial charge in [-0.05, 0) is 31.8 Å². The third-order valence-electron chi connectivity index (χ3n) is 3.82. The summed E-state index contributed by atoms with van der Waals surface area (Å²) in [6, 6.07) is 5.56. The van der Waals surface area contributed by atoms with Crippen LogP contribution in [0.1, 0.15) is 5.56 Å². The van der Waals surface area contributed by atoms with E-state index in [2.05, 4.69) is 23.9 Å². The number of hydrogen-bond acceptors (Lipinski definition) is 3. The smallest absolute Gasteiger partial charge is 0.0749 e. The molecular formula is C14H20Cl2N2O. The molecule has 1 aromatic rings. The van der Waals surface area contributed by atoms with E-state index in [0.29, 0.717) is 16.5 Å². The molecule has 1 aliphatic rings. The number of aliphatic hydroxyl groups is 1. The van der Waals surface area contributed by atoms with Crippen LogP contribution in [0.2, 0.25) is 10.0 Å². The maximum absolute atomic E-state index is 10.5. The summed E-state index contributed by atoms with van der Waals surface area (Å²) in [4.78, 5) is 4.44. The first-order valence-corrected chi connectivity index (χ1v) is 7.24. The van der Waals surface area contributed by atoms with E-state index < -0.39 is 6.10 Å². The lowest BCUT2D eigenvalue weighted by Crippen LogP contribution is -2.55. The Morgan fingerprint density at radius 2 is 1.89 bits per heavy atom. The summed E-state index contributed by atoms with van der Waals surface area (Å²) < 4.78 is 0. The van der Waals surface area contributed by atoms with Gasteiger partial charge in [-0.1, -0.05) is 29.3 Å². The first-order chi connectivity index (χ1) is 8.99. The van der Waals surface area contributed by atoms with Gasteiger partial charge in [0.1, 0.15) is 0 Å². The van der Waals surface area contributed by atoms with Crippen molar-refractivity contribution in [1.29, 1.82) is 0 Å². The van der Waals surface area contributed by atoms with Crippen molar-refractivity contribution in [2.45, 2.75) is 18.6 Å². The van der Waals surface area contributed by atoms with Crippen LogP contribution in [0.4, 0.5) is 0 Å². The normalized spacial score (nSPS) is 23.5. The van der Waals surface area contributed by atoms with E-state index in [0.717, 1.165) is 25.2 Å². The highest BCUT2D eigenvalue weighted by Crippen LogP contribution is 2.27. The lowest BCUT2D eigenvalue weighted by molar-refractivity contribution is 0.0153. The molecule has 19 heavy (non-hydrogen) atoms. The third-order valence-corrected chi connectivity index (χ3v) is 4.53. The predicted octanol–water partition coefficient (Wildman–Crippen LogP) is 2.14. The Morgan fingerprint density at radius 1 is 1.26 bits per heavy atom. The molecule has 0 aromatic heterocycles. The monoisotopic (exact) mass is 302 g/mol. The van der Waals surface area contributed by atoms with E-state index in [-0.39, 0.29) is 6.04 Å². The second kappa shape index (κ2) is 6.42. The van der Waals surface area contributed by atoms with Crippen LogP contribution >= 0.6 is 23.2 Å². The van der Waals surface area contributed by atoms with Crippen molar-refractivity contribution in [2.24, 2.45) is 0 Å². The zero-order valence-corrected chi connectivity index (χ0v) is 12.8. The van der Waals surface area contributed by atoms with Gasteiger partial charge in [0.15, 0.2) is 0 Å². The molecule has 0 saturated carbocycles. The van der Waals surface area contributed by atoms with Gasteiger partial charge < -0.3 is 10.0 Å². The number of likely N-dealkylation sites (N-methyl/N-ethyl adjacent to an activating group) is 2. The van der Waals surface area contributed by atoms with Gasteiger partial charge in [-0.2, -0.15) is 0 Å². The minimum absolute atomic E-state index is 0.117. The summed E-state index contributed by atoms with van der Waals surface area (Å²) in [5.41, 5.74) is 0.833. The van der Waals surface area contributed by atoms with Gasteiger partial charge >= 0.3 is 0 Å². The molecule has 1 aliphatic heterocycles. The Morgan fingerprint density at radius 3 is 2.53 bits per heavy atom. The largest absolute Gasteiger partial charge is 0.391 e. The molecule has 0 aliphatic carbocycles. The number of piperazine rings is 1. The Bertz CT molecular complexity index is 421. The minimum atomic E-state index is -0.467. The van der Waals surface area contributed by atoms with Gasteiger partial charge in [0, 0.05) is 42.1 Å². The number of aliphatic hydroxyl groups excluding tert-OH is 1. The van der Waals surface area contributed by atoms with Crippen molar-refractivity contribution < 1.29 is 5.11 Å². The molecule has 5 heteroatoms. The van der Waals surface area contributed by atoms with E-state index in [9.17, 15) is 5.11 Å². The van der Waals surface area contributed by atoms with E-state index >= 15 is 0 Å². The molecule has 0 amide bonds. The van der Waals surface area contributed by atoms with Crippen LogP contribution in [0.25, 0.3) is 0 Å². The fourth-order valence-electron chi connectivity index (χ4n) is 2.53. The van der Waals surface area contributed by atoms with E-state index in [1.807, 2.05) is 18.2 Å². The van der Waals surface area contributed by atoms with Crippen LogP contribution in [0.15, 0.2) is 18.2 Å². The van der Waals surface area contributed by atoms with Crippen molar-refractivity contribution in [3.8, 4) is 0 Å². The molecular weight excluding hydrogens is 283 g/mol. The molecule has 1 fully saturated rings. The summed E-state index contributed by atoms with van der Waals surface area (Å²) >= 11 is 12.3. The molecule has 0 bridgehead atoms. The predicted molar refractivity (Wildman–Crippen MR) is 80.1 cm³/mol. The average Bonchev–Trinajstić information content (AvgIpc) is 2.37. The molecule has 1 aromatic carbocycles. The van der Waals surface area contributed by atoms with Crippen LogP contribution in [-0.4, -0.2) is 60.8 Å². The molecule has 1 N–H and O–H groups in total. The second-order valence-electron chi connectivity index (χ2n) is 5.28. The van der Waals surface area contributed by atoms with Crippen molar-refractivity contribution in [3.05, 3.63) is 33.8 Å². The quantitative estimate of drug-likeness (QED) is 0.927. The third kappa shape index (κ3) is 3.61. The highest BCUT2D eigenvalue weighted by Gasteiger charge is 2.29. The summed E-state index contributed by atoms with van der Waals surface area (Å²) in [6.45, 7) is 2.86. The van der Waals surface area contributed by atoms with Crippen molar-refractivity contribution >= 4 is 23.2 Å². The molecule has 0 spiro atoms. The molecule has 2 atom stereocenters. The van der Waals surface area contributed by atoms with Crippen LogP contribution in [-0.2, 0) is 6.42 Å². The summed E-state index contributed by atoms with van der Waals surface area (Å²) in [7, 11) is 4.13. The Kier molecular flexibility index (Phi) is 5.09. The van der Waals surface area contributed by atoms with Gasteiger partial charge in [0.25, 0.3) is 0 Å². The van der Waals surface area contributed by atoms with E-state index in [4.69, 9.17) is 23.2 Å². The SMILES string of the molecule is CN1CCN(C)C(C(O)Cc2c(Cl)cccc2Cl)C1. The van der Waals surface area contributed by atoms with Crippen LogP contribution in [0.5, 0.6) is 0 Å². The highest BCUT2D eigenvalue weighted by molar-refractivity contribution is 6.35. The maximum Gasteiger partial charge on any atom is 0.0749 e. The number of hydrogen-bond donors (Lipinski definition) is 1. The van der Waals surface area contributed by atoms with Crippen molar-refractivity contribution in [2.75, 3.05) is 33.7 Å². The molecule has 2 unspecified atom stereocenters. The highest BCUT2D eigenvalue weighted by atomic mass is 35.5. The van der Waals surface area contributed by atoms with Crippen molar-refractivity contribution in [1.82, 2.24) is 9.80 Å². The zero-order valence-electron chi connectivity index (χ0n) is 11.3. The average molecular weight is 303 g/mol. The molecule has 3 nitrogen and oxygen atoms in total. The van der Waals surface area contributed by atoms with Gasteiger partial charge in [0.05, 0.1) is 6.10 Å². The number of nitrogens with zero attached hydrogens (tertiary/aromatic N) is 2. The molecule has 1 saturated heterocycles. The summed E-state index contributed by atoms with van der Waals surface area (Å²) in [5.74, 6) is 0. The maximum atomic E-state index is 10.5. The fourth-order valence-corrected chi connectivity index (χ4v) is 3.08. The first kappa shape index (κ1) is 15.1. The summed E-state index contributed by atoms with van der Waals surface area (Å²) in [5, 5.41) is 11.7. The summed E-state index contributed by atoms with van der Waals surface area (Å²) in [6.07, 6.45) is 0.0200. The lowest BCUT2D eigenvalue weighted by atomic mass is 9.99. The van der Waals surface area contributed by atoms with Gasteiger partial charge in [0.2, 0.25) is 0 Å². The van der Waals surface area contributed by atoms with Crippen LogP contribution < -0.4 is 0 Å². The Labute approximate surface area is 124 Å². The fraction of sp³-hybridized carbons (Fsp3) is 0.571. The topological polar surface area (TPSA) is 26.7 Å². The van der Waals surface area contributed by atoms with Gasteiger partial charge in [-0.25, -0.2) is 0 Å². The first-order valence-electron chi connectivity index (χ1n) is 6.48. The van der Waals surface area contributed by atoms with Gasteiger partial charge in [-0.15, -0.1) is 0 Å². The second-order valence-corrected chi connectivity index (χ2v) is 6.10. The van der Waals surface area contributed by atoms with E-state index in [1.54, 1.807) is 0 Å². The standard InChI is InChI=1S/C14H20Cl2N2O/c1-17-6-7-18(2)13(9-17)14(19)8-10-11(15)4-3-5-12(10)16/h3-5,13-14,19H,6-9H2,1-2H3. The molecule has 106 valence electrons. The minimum Gasteiger partial charge on any atom is -0.391 e. The van der Waals surface area contributed by atoms with Gasteiger partial charge in [-0.3, -0.25) is 4.90 Å². The van der Waals surface area contributed by atoms with Crippen LogP contribution in [0, 0.1) is 0 Å². The lowest BCUT2D eigenvalue weighted by Gasteiger charge is -2.40.